The van der Waals surface area contributed by atoms with Crippen LogP contribution in [0.1, 0.15) is 12.8 Å². The number of rotatable bonds is 2. The van der Waals surface area contributed by atoms with E-state index in [4.69, 9.17) is 9.90 Å². The molecule has 3 heterocycles. The summed E-state index contributed by atoms with van der Waals surface area (Å²) in [7, 11) is -3.54. The van der Waals surface area contributed by atoms with Gasteiger partial charge in [0.1, 0.15) is 0 Å². The van der Waals surface area contributed by atoms with Crippen LogP contribution in [0.4, 0.5) is 32.2 Å². The van der Waals surface area contributed by atoms with Crippen molar-refractivity contribution in [2.75, 3.05) is 37.3 Å². The van der Waals surface area contributed by atoms with Gasteiger partial charge < -0.3 is 10.0 Å². The third-order valence-corrected chi connectivity index (χ3v) is 6.28. The molecule has 1 aromatic rings. The van der Waals surface area contributed by atoms with Crippen molar-refractivity contribution in [3.63, 3.8) is 0 Å². The lowest BCUT2D eigenvalue weighted by molar-refractivity contribution is -0.192. The van der Waals surface area contributed by atoms with Gasteiger partial charge in [0.15, 0.2) is 11.6 Å². The lowest BCUT2D eigenvalue weighted by Gasteiger charge is -2.44. The topological polar surface area (TPSA) is 90.8 Å². The van der Waals surface area contributed by atoms with E-state index in [0.717, 1.165) is 10.6 Å². The molecule has 0 amide bonds. The molecule has 2 aliphatic rings. The number of carboxylic acids is 1. The maximum atomic E-state index is 14.6. The monoisotopic (exact) mass is 463 g/mol. The van der Waals surface area contributed by atoms with E-state index >= 15 is 0 Å². The van der Waals surface area contributed by atoms with Gasteiger partial charge in [0, 0.05) is 38.8 Å². The molecule has 170 valence electrons. The SMILES string of the molecule is CS(=O)(=O)N1CCC(F)(F)C2(CCN(c3ncccc3F)C2)C1.O=C(O)C(F)(F)F. The first kappa shape index (κ1) is 24.2. The van der Waals surface area contributed by atoms with Gasteiger partial charge in [0.25, 0.3) is 5.92 Å². The summed E-state index contributed by atoms with van der Waals surface area (Å²) >= 11 is 0. The molecule has 0 bridgehead atoms. The minimum atomic E-state index is -5.08. The van der Waals surface area contributed by atoms with E-state index in [9.17, 15) is 34.8 Å². The Kier molecular flexibility index (Phi) is 6.62. The van der Waals surface area contributed by atoms with Gasteiger partial charge in [-0.1, -0.05) is 0 Å². The summed E-state index contributed by atoms with van der Waals surface area (Å²) in [5.74, 6) is -6.28. The van der Waals surface area contributed by atoms with Crippen molar-refractivity contribution in [3.8, 4) is 0 Å². The number of aliphatic carboxylic acids is 1. The standard InChI is InChI=1S/C14H18F3N3O2S.C2HF3O2/c1-23(21,22)20-8-5-14(16,17)13(10-20)4-7-19(9-13)12-11(15)3-2-6-18-12;3-2(4,5)1(6)7/h2-3,6H,4-5,7-10H2,1H3;(H,6,7). The minimum Gasteiger partial charge on any atom is -0.475 e. The maximum Gasteiger partial charge on any atom is 0.490 e. The van der Waals surface area contributed by atoms with Crippen LogP contribution in [0.25, 0.3) is 0 Å². The van der Waals surface area contributed by atoms with E-state index in [2.05, 4.69) is 4.98 Å². The smallest absolute Gasteiger partial charge is 0.475 e. The molecular formula is C16H19F6N3O4S. The van der Waals surface area contributed by atoms with Gasteiger partial charge in [-0.05, 0) is 18.6 Å². The molecule has 0 aliphatic carbocycles. The van der Waals surface area contributed by atoms with E-state index in [1.807, 2.05) is 0 Å². The zero-order valence-corrected chi connectivity index (χ0v) is 16.5. The number of hydrogen-bond donors (Lipinski definition) is 1. The van der Waals surface area contributed by atoms with E-state index < -0.39 is 45.7 Å². The average Bonchev–Trinajstić information content (AvgIpc) is 3.02. The summed E-state index contributed by atoms with van der Waals surface area (Å²) in [5.41, 5.74) is -1.50. The van der Waals surface area contributed by atoms with Gasteiger partial charge in [-0.2, -0.15) is 13.2 Å². The Hall–Kier alpha value is -2.09. The molecule has 1 spiro atoms. The van der Waals surface area contributed by atoms with Crippen molar-refractivity contribution in [2.24, 2.45) is 5.41 Å². The zero-order chi connectivity index (χ0) is 23.0. The molecular weight excluding hydrogens is 444 g/mol. The number of sulfonamides is 1. The van der Waals surface area contributed by atoms with Crippen molar-refractivity contribution < 1.29 is 44.7 Å². The highest BCUT2D eigenvalue weighted by Crippen LogP contribution is 2.50. The van der Waals surface area contributed by atoms with E-state index in [1.165, 1.54) is 23.2 Å². The van der Waals surface area contributed by atoms with Crippen molar-refractivity contribution >= 4 is 21.8 Å². The van der Waals surface area contributed by atoms with Crippen LogP contribution < -0.4 is 4.90 Å². The number of carbonyl (C=O) groups is 1. The van der Waals surface area contributed by atoms with E-state index in [0.29, 0.717) is 0 Å². The summed E-state index contributed by atoms with van der Waals surface area (Å²) in [6.45, 7) is -0.323. The third-order valence-electron chi connectivity index (χ3n) is 5.03. The molecule has 0 aromatic carbocycles. The number of hydrogen-bond acceptors (Lipinski definition) is 5. The second-order valence-corrected chi connectivity index (χ2v) is 9.10. The number of alkyl halides is 5. The fraction of sp³-hybridized carbons (Fsp3) is 0.625. The zero-order valence-electron chi connectivity index (χ0n) is 15.7. The Labute approximate surface area is 168 Å². The van der Waals surface area contributed by atoms with Crippen LogP contribution in [0.5, 0.6) is 0 Å². The van der Waals surface area contributed by atoms with Crippen LogP contribution >= 0.6 is 0 Å². The fourth-order valence-electron chi connectivity index (χ4n) is 3.44. The molecule has 2 saturated heterocycles. The van der Waals surface area contributed by atoms with Crippen LogP contribution in [-0.2, 0) is 14.8 Å². The summed E-state index contributed by atoms with van der Waals surface area (Å²) in [4.78, 5) is 14.3. The number of nitrogens with zero attached hydrogens (tertiary/aromatic N) is 3. The largest absolute Gasteiger partial charge is 0.490 e. The van der Waals surface area contributed by atoms with Gasteiger partial charge in [0.2, 0.25) is 10.0 Å². The number of anilines is 1. The molecule has 0 saturated carbocycles. The normalized spacial score (nSPS) is 24.4. The summed E-state index contributed by atoms with van der Waals surface area (Å²) in [6, 6.07) is 2.67. The fourth-order valence-corrected chi connectivity index (χ4v) is 4.34. The van der Waals surface area contributed by atoms with Crippen molar-refractivity contribution in [2.45, 2.75) is 24.9 Å². The number of aromatic nitrogens is 1. The Morgan fingerprint density at radius 3 is 2.30 bits per heavy atom. The van der Waals surface area contributed by atoms with Gasteiger partial charge in [0.05, 0.1) is 11.7 Å². The molecule has 2 aliphatic heterocycles. The molecule has 7 nitrogen and oxygen atoms in total. The molecule has 1 unspecified atom stereocenters. The average molecular weight is 463 g/mol. The third kappa shape index (κ3) is 5.14. The van der Waals surface area contributed by atoms with E-state index in [-0.39, 0.29) is 38.4 Å². The van der Waals surface area contributed by atoms with Crippen molar-refractivity contribution in [3.05, 3.63) is 24.1 Å². The Balaban J connectivity index is 0.000000396. The summed E-state index contributed by atoms with van der Waals surface area (Å²) in [6.07, 6.45) is -3.07. The van der Waals surface area contributed by atoms with Crippen molar-refractivity contribution in [1.82, 2.24) is 9.29 Å². The molecule has 0 radical (unpaired) electrons. The summed E-state index contributed by atoms with van der Waals surface area (Å²) in [5, 5.41) is 7.12. The number of piperidine rings is 1. The first-order valence-electron chi connectivity index (χ1n) is 8.58. The maximum absolute atomic E-state index is 14.6. The molecule has 14 heteroatoms. The quantitative estimate of drug-likeness (QED) is 0.678. The van der Waals surface area contributed by atoms with Crippen LogP contribution in [0, 0.1) is 11.2 Å². The van der Waals surface area contributed by atoms with Gasteiger partial charge >= 0.3 is 12.1 Å². The first-order chi connectivity index (χ1) is 13.6. The van der Waals surface area contributed by atoms with Crippen LogP contribution in [0.3, 0.4) is 0 Å². The second-order valence-electron chi connectivity index (χ2n) is 7.11. The van der Waals surface area contributed by atoms with Crippen LogP contribution in [-0.4, -0.2) is 73.3 Å². The Morgan fingerprint density at radius 2 is 1.80 bits per heavy atom. The van der Waals surface area contributed by atoms with Crippen molar-refractivity contribution in [1.29, 1.82) is 0 Å². The molecule has 1 atom stereocenters. The molecule has 3 rings (SSSR count). The second kappa shape index (κ2) is 8.21. The molecule has 30 heavy (non-hydrogen) atoms. The lowest BCUT2D eigenvalue weighted by Crippen LogP contribution is -2.58. The first-order valence-corrected chi connectivity index (χ1v) is 10.4. The van der Waals surface area contributed by atoms with E-state index in [1.54, 1.807) is 0 Å². The van der Waals surface area contributed by atoms with Crippen LogP contribution in [0.15, 0.2) is 18.3 Å². The Bertz CT molecular complexity index is 895. The van der Waals surface area contributed by atoms with Gasteiger partial charge in [-0.15, -0.1) is 0 Å². The molecule has 1 N–H and O–H groups in total. The highest BCUT2D eigenvalue weighted by atomic mass is 32.2. The molecule has 2 fully saturated rings. The number of pyridine rings is 1. The highest BCUT2D eigenvalue weighted by Gasteiger charge is 2.60. The Morgan fingerprint density at radius 1 is 1.20 bits per heavy atom. The summed E-state index contributed by atoms with van der Waals surface area (Å²) < 4.78 is 99.3. The minimum absolute atomic E-state index is 0.0386. The van der Waals surface area contributed by atoms with Crippen LogP contribution in [0.2, 0.25) is 0 Å². The van der Waals surface area contributed by atoms with Gasteiger partial charge in [-0.25, -0.2) is 35.7 Å². The molecule has 1 aromatic heterocycles. The predicted molar refractivity (Wildman–Crippen MR) is 93.1 cm³/mol. The highest BCUT2D eigenvalue weighted by molar-refractivity contribution is 7.88. The predicted octanol–water partition coefficient (Wildman–Crippen LogP) is 2.35. The lowest BCUT2D eigenvalue weighted by atomic mass is 9.76. The number of carboxylic acid groups (broad SMARTS) is 1. The van der Waals surface area contributed by atoms with Gasteiger partial charge in [-0.3, -0.25) is 0 Å². The number of halogens is 6.